The second-order valence-corrected chi connectivity index (χ2v) is 6.66. The molecular weight excluding hydrogens is 327 g/mol. The van der Waals surface area contributed by atoms with Gasteiger partial charge in [0, 0.05) is 6.54 Å². The maximum Gasteiger partial charge on any atom is 0.234 e. The van der Waals surface area contributed by atoms with E-state index in [0.717, 1.165) is 21.9 Å². The van der Waals surface area contributed by atoms with Crippen molar-refractivity contribution in [2.24, 2.45) is 0 Å². The summed E-state index contributed by atoms with van der Waals surface area (Å²) >= 11 is 0. The Morgan fingerprint density at radius 2 is 1.81 bits per heavy atom. The summed E-state index contributed by atoms with van der Waals surface area (Å²) in [6.07, 6.45) is 0. The molecule has 0 aliphatic carbocycles. The normalized spacial score (nSPS) is 12.3. The van der Waals surface area contributed by atoms with Crippen LogP contribution in [0.4, 0.5) is 4.39 Å². The van der Waals surface area contributed by atoms with Gasteiger partial charge in [0.2, 0.25) is 5.91 Å². The lowest BCUT2D eigenvalue weighted by molar-refractivity contribution is -0.122. The van der Waals surface area contributed by atoms with Gasteiger partial charge in [-0.2, -0.15) is 0 Å². The first kappa shape index (κ1) is 18.1. The van der Waals surface area contributed by atoms with Gasteiger partial charge in [0.1, 0.15) is 5.82 Å². The zero-order chi connectivity index (χ0) is 18.5. The molecule has 0 unspecified atom stereocenters. The number of fused-ring (bicyclic) bond motifs is 1. The second-order valence-electron chi connectivity index (χ2n) is 6.66. The molecule has 1 N–H and O–H groups in total. The van der Waals surface area contributed by atoms with Crippen molar-refractivity contribution in [2.45, 2.75) is 19.5 Å². The van der Waals surface area contributed by atoms with Gasteiger partial charge in [-0.25, -0.2) is 4.39 Å². The highest BCUT2D eigenvalue weighted by Gasteiger charge is 2.14. The Labute approximate surface area is 153 Å². The highest BCUT2D eigenvalue weighted by molar-refractivity contribution is 5.87. The van der Waals surface area contributed by atoms with E-state index >= 15 is 0 Å². The summed E-state index contributed by atoms with van der Waals surface area (Å²) < 4.78 is 13.3. The van der Waals surface area contributed by atoms with Crippen molar-refractivity contribution in [2.75, 3.05) is 13.6 Å². The first-order chi connectivity index (χ1) is 12.5. The van der Waals surface area contributed by atoms with Gasteiger partial charge < -0.3 is 5.32 Å². The number of rotatable bonds is 6. The minimum atomic E-state index is -0.259. The van der Waals surface area contributed by atoms with Gasteiger partial charge in [0.05, 0.1) is 12.6 Å². The van der Waals surface area contributed by atoms with Gasteiger partial charge in [0.25, 0.3) is 0 Å². The molecule has 1 amide bonds. The van der Waals surface area contributed by atoms with E-state index in [1.807, 2.05) is 49.2 Å². The van der Waals surface area contributed by atoms with E-state index in [-0.39, 0.29) is 24.3 Å². The average Bonchev–Trinajstić information content (AvgIpc) is 2.60. The fourth-order valence-corrected chi connectivity index (χ4v) is 3.24. The molecule has 0 heterocycles. The third kappa shape index (κ3) is 4.46. The molecule has 3 aromatic rings. The van der Waals surface area contributed by atoms with E-state index in [0.29, 0.717) is 6.54 Å². The number of nitrogens with zero attached hydrogens (tertiary/aromatic N) is 1. The van der Waals surface area contributed by atoms with Crippen molar-refractivity contribution in [1.29, 1.82) is 0 Å². The molecule has 26 heavy (non-hydrogen) atoms. The van der Waals surface area contributed by atoms with E-state index in [1.165, 1.54) is 12.1 Å². The van der Waals surface area contributed by atoms with E-state index < -0.39 is 0 Å². The molecule has 3 nitrogen and oxygen atoms in total. The van der Waals surface area contributed by atoms with E-state index in [4.69, 9.17) is 0 Å². The van der Waals surface area contributed by atoms with Gasteiger partial charge >= 0.3 is 0 Å². The fourth-order valence-electron chi connectivity index (χ4n) is 3.24. The second kappa shape index (κ2) is 8.11. The monoisotopic (exact) mass is 350 g/mol. The predicted molar refractivity (Wildman–Crippen MR) is 103 cm³/mol. The summed E-state index contributed by atoms with van der Waals surface area (Å²) in [5.41, 5.74) is 1.95. The third-order valence-corrected chi connectivity index (χ3v) is 4.42. The SMILES string of the molecule is C[C@H](NC(=O)CN(C)Cc1cccc(F)c1)c1cccc2ccccc12. The maximum absolute atomic E-state index is 13.3. The van der Waals surface area contributed by atoms with Crippen LogP contribution in [0.5, 0.6) is 0 Å². The Morgan fingerprint density at radius 1 is 1.08 bits per heavy atom. The van der Waals surface area contributed by atoms with E-state index in [2.05, 4.69) is 23.5 Å². The zero-order valence-electron chi connectivity index (χ0n) is 15.1. The molecule has 0 aliphatic heterocycles. The van der Waals surface area contributed by atoms with Crippen molar-refractivity contribution in [1.82, 2.24) is 10.2 Å². The Balaban J connectivity index is 1.62. The topological polar surface area (TPSA) is 32.3 Å². The summed E-state index contributed by atoms with van der Waals surface area (Å²) in [4.78, 5) is 14.3. The third-order valence-electron chi connectivity index (χ3n) is 4.42. The molecule has 3 rings (SSSR count). The summed E-state index contributed by atoms with van der Waals surface area (Å²) in [5, 5.41) is 5.37. The number of benzene rings is 3. The fraction of sp³-hybridized carbons (Fsp3) is 0.227. The number of hydrogen-bond donors (Lipinski definition) is 1. The number of amides is 1. The molecule has 0 spiro atoms. The number of carbonyl (C=O) groups excluding carboxylic acids is 1. The molecule has 134 valence electrons. The molecule has 0 saturated heterocycles. The van der Waals surface area contributed by atoms with E-state index in [9.17, 15) is 9.18 Å². The van der Waals surface area contributed by atoms with Crippen LogP contribution in [-0.2, 0) is 11.3 Å². The number of hydrogen-bond acceptors (Lipinski definition) is 2. The minimum absolute atomic E-state index is 0.0515. The van der Waals surface area contributed by atoms with Crippen molar-refractivity contribution >= 4 is 16.7 Å². The Bertz CT molecular complexity index is 904. The molecule has 0 aliphatic rings. The Hall–Kier alpha value is -2.72. The first-order valence-corrected chi connectivity index (χ1v) is 8.73. The quantitative estimate of drug-likeness (QED) is 0.719. The van der Waals surface area contributed by atoms with Gasteiger partial charge in [-0.05, 0) is 48.0 Å². The Kier molecular flexibility index (Phi) is 5.64. The molecule has 4 heteroatoms. The van der Waals surface area contributed by atoms with Crippen LogP contribution in [-0.4, -0.2) is 24.4 Å². The lowest BCUT2D eigenvalue weighted by Gasteiger charge is -2.20. The largest absolute Gasteiger partial charge is 0.348 e. The number of nitrogens with one attached hydrogen (secondary N) is 1. The number of carbonyl (C=O) groups is 1. The van der Waals surface area contributed by atoms with Crippen LogP contribution in [0.15, 0.2) is 66.7 Å². The van der Waals surface area contributed by atoms with Crippen LogP contribution < -0.4 is 5.32 Å². The molecule has 3 aromatic carbocycles. The summed E-state index contributed by atoms with van der Waals surface area (Å²) in [6.45, 7) is 2.77. The van der Waals surface area contributed by atoms with Crippen molar-refractivity contribution in [3.05, 3.63) is 83.7 Å². The summed E-state index contributed by atoms with van der Waals surface area (Å²) in [7, 11) is 1.85. The smallest absolute Gasteiger partial charge is 0.234 e. The molecular formula is C22H23FN2O. The van der Waals surface area contributed by atoms with Gasteiger partial charge in [-0.1, -0.05) is 54.6 Å². The lowest BCUT2D eigenvalue weighted by Crippen LogP contribution is -2.36. The first-order valence-electron chi connectivity index (χ1n) is 8.73. The van der Waals surface area contributed by atoms with Crippen LogP contribution in [0.1, 0.15) is 24.1 Å². The van der Waals surface area contributed by atoms with Gasteiger partial charge in [-0.3, -0.25) is 9.69 Å². The zero-order valence-corrected chi connectivity index (χ0v) is 15.1. The maximum atomic E-state index is 13.3. The standard InChI is InChI=1S/C22H23FN2O/c1-16(20-12-6-9-18-8-3-4-11-21(18)20)24-22(26)15-25(2)14-17-7-5-10-19(23)13-17/h3-13,16H,14-15H2,1-2H3,(H,24,26)/t16-/m0/s1. The Morgan fingerprint density at radius 3 is 2.62 bits per heavy atom. The van der Waals surface area contributed by atoms with Gasteiger partial charge in [-0.15, -0.1) is 0 Å². The minimum Gasteiger partial charge on any atom is -0.348 e. The van der Waals surface area contributed by atoms with Crippen LogP contribution in [0.3, 0.4) is 0 Å². The molecule has 0 aromatic heterocycles. The lowest BCUT2D eigenvalue weighted by atomic mass is 10.00. The molecule has 0 fully saturated rings. The number of likely N-dealkylation sites (N-methyl/N-ethyl adjacent to an activating group) is 1. The summed E-state index contributed by atoms with van der Waals surface area (Å²) in [5.74, 6) is -0.311. The molecule has 1 atom stereocenters. The van der Waals surface area contributed by atoms with E-state index in [1.54, 1.807) is 6.07 Å². The molecule has 0 bridgehead atoms. The predicted octanol–water partition coefficient (Wildman–Crippen LogP) is 4.29. The highest BCUT2D eigenvalue weighted by Crippen LogP contribution is 2.23. The highest BCUT2D eigenvalue weighted by atomic mass is 19.1. The van der Waals surface area contributed by atoms with Gasteiger partial charge in [0.15, 0.2) is 0 Å². The van der Waals surface area contributed by atoms with Crippen LogP contribution in [0.25, 0.3) is 10.8 Å². The average molecular weight is 350 g/mol. The molecule has 0 saturated carbocycles. The van der Waals surface area contributed by atoms with Crippen molar-refractivity contribution < 1.29 is 9.18 Å². The van der Waals surface area contributed by atoms with Crippen molar-refractivity contribution in [3.63, 3.8) is 0 Å². The summed E-state index contributed by atoms with van der Waals surface area (Å²) in [6, 6.07) is 20.6. The van der Waals surface area contributed by atoms with Crippen LogP contribution in [0.2, 0.25) is 0 Å². The van der Waals surface area contributed by atoms with Crippen molar-refractivity contribution in [3.8, 4) is 0 Å². The van der Waals surface area contributed by atoms with Crippen LogP contribution >= 0.6 is 0 Å². The number of halogens is 1. The van der Waals surface area contributed by atoms with Crippen LogP contribution in [0, 0.1) is 5.82 Å². The molecule has 0 radical (unpaired) electrons.